The maximum absolute atomic E-state index is 11.8. The van der Waals surface area contributed by atoms with Crippen LogP contribution < -0.4 is 0 Å². The number of ether oxygens (including phenoxy) is 1. The zero-order valence-corrected chi connectivity index (χ0v) is 11.0. The van der Waals surface area contributed by atoms with Crippen molar-refractivity contribution in [3.63, 3.8) is 0 Å². The van der Waals surface area contributed by atoms with Crippen LogP contribution in [0.2, 0.25) is 0 Å². The minimum absolute atomic E-state index is 0. The second kappa shape index (κ2) is 7.95. The van der Waals surface area contributed by atoms with Gasteiger partial charge in [0, 0.05) is 6.54 Å². The van der Waals surface area contributed by atoms with Gasteiger partial charge in [0.1, 0.15) is 6.61 Å². The van der Waals surface area contributed by atoms with Crippen molar-refractivity contribution in [1.82, 2.24) is 4.90 Å². The number of hydrogen-bond acceptors (Lipinski definition) is 3. The fourth-order valence-electron chi connectivity index (χ4n) is 2.22. The molecule has 0 bridgehead atoms. The van der Waals surface area contributed by atoms with Crippen molar-refractivity contribution in [3.8, 4) is 0 Å². The average Bonchev–Trinajstić information content (AvgIpc) is 2.40. The van der Waals surface area contributed by atoms with Crippen LogP contribution >= 0.6 is 0 Å². The van der Waals surface area contributed by atoms with Crippen molar-refractivity contribution < 1.29 is 9.53 Å². The molecule has 106 valence electrons. The van der Waals surface area contributed by atoms with Gasteiger partial charge in [-0.05, 0) is 45.0 Å². The molecule has 1 aromatic rings. The van der Waals surface area contributed by atoms with Gasteiger partial charge in [-0.2, -0.15) is 0 Å². The molecule has 0 saturated carbocycles. The standard InChI is InChI=1S/C15H21NO2.CH4/c1-13-5-7-14(8-6-13)15(17)18-12-11-16-9-3-2-4-10-16;/h5-8H,2-4,9-12H2,1H3;1H4. The molecule has 1 fully saturated rings. The van der Waals surface area contributed by atoms with Gasteiger partial charge >= 0.3 is 5.97 Å². The molecule has 0 radical (unpaired) electrons. The Labute approximate surface area is 116 Å². The Bertz CT molecular complexity index is 380. The summed E-state index contributed by atoms with van der Waals surface area (Å²) < 4.78 is 5.29. The highest BCUT2D eigenvalue weighted by Gasteiger charge is 2.11. The van der Waals surface area contributed by atoms with E-state index in [1.54, 1.807) is 0 Å². The second-order valence-electron chi connectivity index (χ2n) is 4.90. The Morgan fingerprint density at radius 1 is 1.16 bits per heavy atom. The minimum atomic E-state index is -0.216. The summed E-state index contributed by atoms with van der Waals surface area (Å²) in [6.07, 6.45) is 3.87. The quantitative estimate of drug-likeness (QED) is 0.781. The van der Waals surface area contributed by atoms with Crippen LogP contribution in [-0.4, -0.2) is 37.1 Å². The molecule has 0 spiro atoms. The van der Waals surface area contributed by atoms with Crippen molar-refractivity contribution in [2.75, 3.05) is 26.2 Å². The van der Waals surface area contributed by atoms with Gasteiger partial charge in [0.2, 0.25) is 0 Å². The van der Waals surface area contributed by atoms with Crippen LogP contribution in [0, 0.1) is 6.92 Å². The van der Waals surface area contributed by atoms with Gasteiger partial charge in [-0.25, -0.2) is 4.79 Å². The molecule has 1 saturated heterocycles. The van der Waals surface area contributed by atoms with Crippen LogP contribution in [0.5, 0.6) is 0 Å². The number of nitrogens with zero attached hydrogens (tertiary/aromatic N) is 1. The zero-order chi connectivity index (χ0) is 12.8. The first-order valence-corrected chi connectivity index (χ1v) is 6.72. The molecule has 1 heterocycles. The molecule has 0 unspecified atom stereocenters. The number of piperidine rings is 1. The number of likely N-dealkylation sites (tertiary alicyclic amines) is 1. The molecule has 2 rings (SSSR count). The monoisotopic (exact) mass is 263 g/mol. The Kier molecular flexibility index (Phi) is 6.57. The summed E-state index contributed by atoms with van der Waals surface area (Å²) in [6.45, 7) is 5.64. The first kappa shape index (κ1) is 15.7. The average molecular weight is 263 g/mol. The molecule has 3 nitrogen and oxygen atoms in total. The third-order valence-corrected chi connectivity index (χ3v) is 3.38. The van der Waals surface area contributed by atoms with Crippen molar-refractivity contribution in [1.29, 1.82) is 0 Å². The minimum Gasteiger partial charge on any atom is -0.461 e. The third-order valence-electron chi connectivity index (χ3n) is 3.38. The summed E-state index contributed by atoms with van der Waals surface area (Å²) in [5.41, 5.74) is 1.79. The topological polar surface area (TPSA) is 29.5 Å². The number of carbonyl (C=O) groups is 1. The normalized spacial score (nSPS) is 15.6. The molecule has 0 atom stereocenters. The largest absolute Gasteiger partial charge is 0.461 e. The summed E-state index contributed by atoms with van der Waals surface area (Å²) in [5.74, 6) is -0.216. The third kappa shape index (κ3) is 5.03. The molecule has 1 aliphatic heterocycles. The molecule has 1 aromatic carbocycles. The van der Waals surface area contributed by atoms with Crippen LogP contribution in [0.3, 0.4) is 0 Å². The van der Waals surface area contributed by atoms with E-state index in [4.69, 9.17) is 4.74 Å². The van der Waals surface area contributed by atoms with Crippen molar-refractivity contribution >= 4 is 5.97 Å². The van der Waals surface area contributed by atoms with Crippen molar-refractivity contribution in [3.05, 3.63) is 35.4 Å². The van der Waals surface area contributed by atoms with E-state index in [0.29, 0.717) is 12.2 Å². The summed E-state index contributed by atoms with van der Waals surface area (Å²) in [4.78, 5) is 14.1. The van der Waals surface area contributed by atoms with E-state index in [0.717, 1.165) is 25.2 Å². The maximum atomic E-state index is 11.8. The predicted molar refractivity (Wildman–Crippen MR) is 78.5 cm³/mol. The summed E-state index contributed by atoms with van der Waals surface area (Å²) >= 11 is 0. The highest BCUT2D eigenvalue weighted by atomic mass is 16.5. The van der Waals surface area contributed by atoms with E-state index in [-0.39, 0.29) is 13.4 Å². The second-order valence-corrected chi connectivity index (χ2v) is 4.90. The summed E-state index contributed by atoms with van der Waals surface area (Å²) in [6, 6.07) is 7.50. The zero-order valence-electron chi connectivity index (χ0n) is 11.0. The highest BCUT2D eigenvalue weighted by molar-refractivity contribution is 5.89. The Hall–Kier alpha value is -1.35. The lowest BCUT2D eigenvalue weighted by atomic mass is 10.1. The summed E-state index contributed by atoms with van der Waals surface area (Å²) in [5, 5.41) is 0. The van der Waals surface area contributed by atoms with E-state index in [1.807, 2.05) is 31.2 Å². The SMILES string of the molecule is C.Cc1ccc(C(=O)OCCN2CCCCC2)cc1. The van der Waals surface area contributed by atoms with Gasteiger partial charge in [-0.15, -0.1) is 0 Å². The molecular weight excluding hydrogens is 238 g/mol. The lowest BCUT2D eigenvalue weighted by molar-refractivity contribution is 0.0452. The first-order chi connectivity index (χ1) is 8.75. The maximum Gasteiger partial charge on any atom is 0.338 e. The van der Waals surface area contributed by atoms with Gasteiger partial charge in [0.15, 0.2) is 0 Å². The van der Waals surface area contributed by atoms with Crippen LogP contribution in [0.1, 0.15) is 42.6 Å². The van der Waals surface area contributed by atoms with E-state index < -0.39 is 0 Å². The summed E-state index contributed by atoms with van der Waals surface area (Å²) in [7, 11) is 0. The van der Waals surface area contributed by atoms with E-state index in [2.05, 4.69) is 4.90 Å². The molecular formula is C16H25NO2. The Morgan fingerprint density at radius 3 is 2.42 bits per heavy atom. The van der Waals surface area contributed by atoms with Crippen molar-refractivity contribution in [2.24, 2.45) is 0 Å². The van der Waals surface area contributed by atoms with Crippen LogP contribution in [0.15, 0.2) is 24.3 Å². The highest BCUT2D eigenvalue weighted by Crippen LogP contribution is 2.08. The van der Waals surface area contributed by atoms with E-state index in [1.165, 1.54) is 19.3 Å². The van der Waals surface area contributed by atoms with Gasteiger partial charge in [-0.1, -0.05) is 31.5 Å². The van der Waals surface area contributed by atoms with Crippen LogP contribution in [0.4, 0.5) is 0 Å². The number of carbonyl (C=O) groups excluding carboxylic acids is 1. The van der Waals surface area contributed by atoms with E-state index >= 15 is 0 Å². The van der Waals surface area contributed by atoms with Gasteiger partial charge < -0.3 is 4.74 Å². The number of esters is 1. The van der Waals surface area contributed by atoms with Crippen LogP contribution in [0.25, 0.3) is 0 Å². The molecule has 19 heavy (non-hydrogen) atoms. The number of aryl methyl sites for hydroxylation is 1. The molecule has 0 aliphatic carbocycles. The fraction of sp³-hybridized carbons (Fsp3) is 0.562. The van der Waals surface area contributed by atoms with E-state index in [9.17, 15) is 4.79 Å². The number of hydrogen-bond donors (Lipinski definition) is 0. The smallest absolute Gasteiger partial charge is 0.338 e. The first-order valence-electron chi connectivity index (χ1n) is 6.72. The van der Waals surface area contributed by atoms with Crippen molar-refractivity contribution in [2.45, 2.75) is 33.6 Å². The Balaban J connectivity index is 0.00000180. The Morgan fingerprint density at radius 2 is 1.79 bits per heavy atom. The van der Waals surface area contributed by atoms with Gasteiger partial charge in [0.05, 0.1) is 5.56 Å². The molecule has 0 aromatic heterocycles. The lowest BCUT2D eigenvalue weighted by Crippen LogP contribution is -2.33. The van der Waals surface area contributed by atoms with Gasteiger partial charge in [0.25, 0.3) is 0 Å². The molecule has 0 amide bonds. The molecule has 0 N–H and O–H groups in total. The van der Waals surface area contributed by atoms with Gasteiger partial charge in [-0.3, -0.25) is 4.90 Å². The predicted octanol–water partition coefficient (Wildman–Crippen LogP) is 3.27. The molecule has 3 heteroatoms. The lowest BCUT2D eigenvalue weighted by Gasteiger charge is -2.25. The molecule has 1 aliphatic rings. The fourth-order valence-corrected chi connectivity index (χ4v) is 2.22. The number of benzene rings is 1. The number of rotatable bonds is 4. The van der Waals surface area contributed by atoms with Crippen LogP contribution in [-0.2, 0) is 4.74 Å².